The quantitative estimate of drug-likeness (QED) is 0.605. The first-order chi connectivity index (χ1) is 14.7. The molecule has 3 aromatic rings. The third kappa shape index (κ3) is 5.03. The molecule has 0 amide bonds. The van der Waals surface area contributed by atoms with Gasteiger partial charge in [0.05, 0.1) is 13.2 Å². The molecule has 4 rings (SSSR count). The van der Waals surface area contributed by atoms with Crippen molar-refractivity contribution in [1.29, 1.82) is 0 Å². The Morgan fingerprint density at radius 1 is 1.07 bits per heavy atom. The maximum absolute atomic E-state index is 5.99. The van der Waals surface area contributed by atoms with Crippen LogP contribution >= 0.6 is 0 Å². The molecule has 0 saturated carbocycles. The Hall–Kier alpha value is -3.21. The molecule has 7 heteroatoms. The highest BCUT2D eigenvalue weighted by Crippen LogP contribution is 2.18. The van der Waals surface area contributed by atoms with Crippen LogP contribution in [0.15, 0.2) is 42.6 Å². The summed E-state index contributed by atoms with van der Waals surface area (Å²) in [5.74, 6) is 6.73. The molecule has 0 atom stereocenters. The van der Waals surface area contributed by atoms with Gasteiger partial charge in [-0.15, -0.1) is 0 Å². The standard InChI is InChI=1S/C23H25N5O2/c1-27(2)19-8-5-18(6-9-19)7-10-21-23(26-20-4-3-11-24-22(20)25-21)30-17-14-28-12-15-29-16-13-28/h3-6,8-9,11H,12-17H2,1-2H3. The van der Waals surface area contributed by atoms with Gasteiger partial charge in [-0.05, 0) is 42.3 Å². The molecule has 1 aliphatic heterocycles. The van der Waals surface area contributed by atoms with Crippen LogP contribution in [-0.4, -0.2) is 73.4 Å². The van der Waals surface area contributed by atoms with Crippen molar-refractivity contribution in [2.75, 3.05) is 58.5 Å². The highest BCUT2D eigenvalue weighted by molar-refractivity contribution is 5.71. The lowest BCUT2D eigenvalue weighted by Crippen LogP contribution is -2.38. The molecule has 3 heterocycles. The Morgan fingerprint density at radius 3 is 2.63 bits per heavy atom. The summed E-state index contributed by atoms with van der Waals surface area (Å²) in [6, 6.07) is 11.8. The molecule has 30 heavy (non-hydrogen) atoms. The van der Waals surface area contributed by atoms with Gasteiger partial charge in [0.25, 0.3) is 0 Å². The lowest BCUT2D eigenvalue weighted by Gasteiger charge is -2.26. The van der Waals surface area contributed by atoms with Crippen LogP contribution in [-0.2, 0) is 4.74 Å². The molecule has 0 aliphatic carbocycles. The third-order valence-corrected chi connectivity index (χ3v) is 4.87. The molecule has 0 N–H and O–H groups in total. The lowest BCUT2D eigenvalue weighted by atomic mass is 10.2. The van der Waals surface area contributed by atoms with E-state index in [4.69, 9.17) is 9.47 Å². The lowest BCUT2D eigenvalue weighted by molar-refractivity contribution is 0.0320. The number of ether oxygens (including phenoxy) is 2. The van der Waals surface area contributed by atoms with E-state index >= 15 is 0 Å². The second kappa shape index (κ2) is 9.53. The molecule has 0 spiro atoms. The van der Waals surface area contributed by atoms with Crippen molar-refractivity contribution in [2.45, 2.75) is 0 Å². The first kappa shape index (κ1) is 20.1. The van der Waals surface area contributed by atoms with Crippen LogP contribution in [0.3, 0.4) is 0 Å². The fourth-order valence-electron chi connectivity index (χ4n) is 3.13. The minimum absolute atomic E-state index is 0.446. The number of fused-ring (bicyclic) bond motifs is 1. The van der Waals surface area contributed by atoms with Crippen molar-refractivity contribution in [3.8, 4) is 17.7 Å². The Labute approximate surface area is 176 Å². The van der Waals surface area contributed by atoms with Crippen LogP contribution in [0, 0.1) is 11.8 Å². The van der Waals surface area contributed by atoms with Gasteiger partial charge in [0.2, 0.25) is 5.88 Å². The van der Waals surface area contributed by atoms with Crippen molar-refractivity contribution >= 4 is 16.9 Å². The van der Waals surface area contributed by atoms with E-state index in [-0.39, 0.29) is 0 Å². The monoisotopic (exact) mass is 403 g/mol. The number of aromatic nitrogens is 3. The fraction of sp³-hybridized carbons (Fsp3) is 0.348. The maximum Gasteiger partial charge on any atom is 0.249 e. The van der Waals surface area contributed by atoms with E-state index in [0.29, 0.717) is 29.3 Å². The molecular formula is C23H25N5O2. The first-order valence-corrected chi connectivity index (χ1v) is 10.0. The van der Waals surface area contributed by atoms with Gasteiger partial charge >= 0.3 is 0 Å². The zero-order chi connectivity index (χ0) is 20.8. The zero-order valence-corrected chi connectivity index (χ0v) is 17.3. The molecule has 1 fully saturated rings. The molecule has 0 unspecified atom stereocenters. The number of anilines is 1. The molecule has 2 aromatic heterocycles. The molecule has 0 radical (unpaired) electrons. The highest BCUT2D eigenvalue weighted by atomic mass is 16.5. The number of rotatable bonds is 5. The number of hydrogen-bond acceptors (Lipinski definition) is 7. The van der Waals surface area contributed by atoms with Crippen molar-refractivity contribution in [3.63, 3.8) is 0 Å². The normalized spacial score (nSPS) is 14.2. The van der Waals surface area contributed by atoms with Gasteiger partial charge in [0.1, 0.15) is 12.1 Å². The van der Waals surface area contributed by atoms with E-state index in [1.807, 2.05) is 50.5 Å². The number of benzene rings is 1. The predicted octanol–water partition coefficient (Wildman–Crippen LogP) is 2.20. The summed E-state index contributed by atoms with van der Waals surface area (Å²) in [6.07, 6.45) is 1.70. The second-order valence-corrected chi connectivity index (χ2v) is 7.22. The molecule has 1 aliphatic rings. The Bertz CT molecular complexity index is 1050. The average molecular weight is 403 g/mol. The van der Waals surface area contributed by atoms with Crippen molar-refractivity contribution < 1.29 is 9.47 Å². The van der Waals surface area contributed by atoms with Gasteiger partial charge in [0, 0.05) is 51.2 Å². The Morgan fingerprint density at radius 2 is 1.87 bits per heavy atom. The minimum Gasteiger partial charge on any atom is -0.474 e. The van der Waals surface area contributed by atoms with Crippen molar-refractivity contribution in [1.82, 2.24) is 19.9 Å². The van der Waals surface area contributed by atoms with E-state index in [1.54, 1.807) is 6.20 Å². The van der Waals surface area contributed by atoms with Crippen LogP contribution in [0.5, 0.6) is 5.88 Å². The predicted molar refractivity (Wildman–Crippen MR) is 117 cm³/mol. The van der Waals surface area contributed by atoms with E-state index < -0.39 is 0 Å². The molecule has 0 bridgehead atoms. The van der Waals surface area contributed by atoms with E-state index in [2.05, 4.69) is 36.6 Å². The number of nitrogens with zero attached hydrogens (tertiary/aromatic N) is 5. The van der Waals surface area contributed by atoms with E-state index in [0.717, 1.165) is 44.1 Å². The number of hydrogen-bond donors (Lipinski definition) is 0. The molecule has 7 nitrogen and oxygen atoms in total. The Balaban J connectivity index is 1.55. The molecule has 1 aromatic carbocycles. The van der Waals surface area contributed by atoms with Crippen molar-refractivity contribution in [2.24, 2.45) is 0 Å². The van der Waals surface area contributed by atoms with Gasteiger partial charge in [0.15, 0.2) is 11.3 Å². The molecule has 1 saturated heterocycles. The molecule has 154 valence electrons. The van der Waals surface area contributed by atoms with Gasteiger partial charge in [-0.2, -0.15) is 0 Å². The summed E-state index contributed by atoms with van der Waals surface area (Å²) in [6.45, 7) is 4.72. The maximum atomic E-state index is 5.99. The van der Waals surface area contributed by atoms with Gasteiger partial charge < -0.3 is 14.4 Å². The van der Waals surface area contributed by atoms with E-state index in [1.165, 1.54) is 0 Å². The number of morpholine rings is 1. The third-order valence-electron chi connectivity index (χ3n) is 4.87. The highest BCUT2D eigenvalue weighted by Gasteiger charge is 2.12. The first-order valence-electron chi connectivity index (χ1n) is 10.0. The summed E-state index contributed by atoms with van der Waals surface area (Å²) in [4.78, 5) is 17.9. The fourth-order valence-corrected chi connectivity index (χ4v) is 3.13. The second-order valence-electron chi connectivity index (χ2n) is 7.22. The summed E-state index contributed by atoms with van der Waals surface area (Å²) in [5, 5.41) is 0. The van der Waals surface area contributed by atoms with Gasteiger partial charge in [-0.25, -0.2) is 15.0 Å². The molecular weight excluding hydrogens is 378 g/mol. The van der Waals surface area contributed by atoms with Gasteiger partial charge in [-0.3, -0.25) is 4.90 Å². The van der Waals surface area contributed by atoms with Crippen LogP contribution in [0.2, 0.25) is 0 Å². The van der Waals surface area contributed by atoms with Crippen molar-refractivity contribution in [3.05, 3.63) is 53.9 Å². The summed E-state index contributed by atoms with van der Waals surface area (Å²) in [7, 11) is 4.03. The smallest absolute Gasteiger partial charge is 0.249 e. The van der Waals surface area contributed by atoms with Crippen LogP contribution in [0.1, 0.15) is 11.3 Å². The topological polar surface area (TPSA) is 63.6 Å². The zero-order valence-electron chi connectivity index (χ0n) is 17.3. The Kier molecular flexibility index (Phi) is 6.38. The number of pyridine rings is 1. The largest absolute Gasteiger partial charge is 0.474 e. The van der Waals surface area contributed by atoms with Crippen LogP contribution in [0.4, 0.5) is 5.69 Å². The summed E-state index contributed by atoms with van der Waals surface area (Å²) in [5.41, 5.74) is 3.79. The average Bonchev–Trinajstić information content (AvgIpc) is 2.78. The summed E-state index contributed by atoms with van der Waals surface area (Å²) >= 11 is 0. The SMILES string of the molecule is CN(C)c1ccc(C#Cc2nc3ncccc3nc2OCCN2CCOCC2)cc1. The minimum atomic E-state index is 0.446. The summed E-state index contributed by atoms with van der Waals surface area (Å²) < 4.78 is 11.4. The van der Waals surface area contributed by atoms with Crippen LogP contribution in [0.25, 0.3) is 11.2 Å². The van der Waals surface area contributed by atoms with Crippen LogP contribution < -0.4 is 9.64 Å². The van der Waals surface area contributed by atoms with Gasteiger partial charge in [-0.1, -0.05) is 5.92 Å². The van der Waals surface area contributed by atoms with E-state index in [9.17, 15) is 0 Å².